The molecule has 0 aliphatic heterocycles. The zero-order chi connectivity index (χ0) is 16.5. The molecule has 0 saturated heterocycles. The van der Waals surface area contributed by atoms with E-state index in [4.69, 9.17) is 4.74 Å². The Morgan fingerprint density at radius 1 is 1.18 bits per heavy atom. The average Bonchev–Trinajstić information content (AvgIpc) is 2.44. The van der Waals surface area contributed by atoms with Crippen LogP contribution in [0.4, 0.5) is 0 Å². The summed E-state index contributed by atoms with van der Waals surface area (Å²) >= 11 is 0. The Morgan fingerprint density at radius 2 is 1.82 bits per heavy atom. The molecule has 0 saturated carbocycles. The van der Waals surface area contributed by atoms with E-state index in [0.717, 1.165) is 42.4 Å². The van der Waals surface area contributed by atoms with Gasteiger partial charge in [0.15, 0.2) is 6.29 Å². The number of hydrogen-bond acceptors (Lipinski definition) is 2. The fourth-order valence-electron chi connectivity index (χ4n) is 3.51. The maximum absolute atomic E-state index is 11.7. The van der Waals surface area contributed by atoms with E-state index in [9.17, 15) is 4.79 Å². The predicted octanol–water partition coefficient (Wildman–Crippen LogP) is 5.34. The van der Waals surface area contributed by atoms with Gasteiger partial charge in [-0.3, -0.25) is 4.79 Å². The standard InChI is InChI=1S/C20H30O2/c1-7-8-11-22-18-15(13-21)14(2)12-16-17(18)20(5,6)10-9-19(16,3)4/h12-13H,7-11H2,1-6H3. The van der Waals surface area contributed by atoms with Gasteiger partial charge >= 0.3 is 0 Å². The molecule has 0 unspecified atom stereocenters. The number of rotatable bonds is 5. The van der Waals surface area contributed by atoms with Crippen molar-refractivity contribution >= 4 is 6.29 Å². The fourth-order valence-corrected chi connectivity index (χ4v) is 3.51. The summed E-state index contributed by atoms with van der Waals surface area (Å²) in [7, 11) is 0. The van der Waals surface area contributed by atoms with Crippen molar-refractivity contribution in [3.8, 4) is 5.75 Å². The van der Waals surface area contributed by atoms with Crippen LogP contribution in [-0.2, 0) is 10.8 Å². The number of aryl methyl sites for hydroxylation is 1. The molecule has 2 rings (SSSR count). The van der Waals surface area contributed by atoms with Crippen LogP contribution in [0.15, 0.2) is 6.07 Å². The minimum absolute atomic E-state index is 0.0534. The first-order valence-electron chi connectivity index (χ1n) is 8.51. The Bertz CT molecular complexity index is 568. The molecule has 2 nitrogen and oxygen atoms in total. The summed E-state index contributed by atoms with van der Waals surface area (Å²) in [5.41, 5.74) is 4.58. The monoisotopic (exact) mass is 302 g/mol. The van der Waals surface area contributed by atoms with Gasteiger partial charge in [-0.25, -0.2) is 0 Å². The van der Waals surface area contributed by atoms with E-state index in [1.54, 1.807) is 0 Å². The maximum atomic E-state index is 11.7. The Morgan fingerprint density at radius 3 is 2.41 bits per heavy atom. The van der Waals surface area contributed by atoms with Crippen LogP contribution >= 0.6 is 0 Å². The number of carbonyl (C=O) groups excluding carboxylic acids is 1. The molecule has 122 valence electrons. The SMILES string of the molecule is CCCCOc1c(C=O)c(C)cc2c1C(C)(C)CCC2(C)C. The first kappa shape index (κ1) is 17.1. The Balaban J connectivity index is 2.67. The van der Waals surface area contributed by atoms with Crippen molar-refractivity contribution < 1.29 is 9.53 Å². The van der Waals surface area contributed by atoms with E-state index in [-0.39, 0.29) is 10.8 Å². The van der Waals surface area contributed by atoms with Gasteiger partial charge in [-0.15, -0.1) is 0 Å². The number of carbonyl (C=O) groups is 1. The number of ether oxygens (including phenoxy) is 1. The van der Waals surface area contributed by atoms with E-state index in [0.29, 0.717) is 6.61 Å². The molecule has 1 aliphatic carbocycles. The molecule has 0 atom stereocenters. The number of hydrogen-bond donors (Lipinski definition) is 0. The summed E-state index contributed by atoms with van der Waals surface area (Å²) in [6.07, 6.45) is 5.37. The molecule has 1 aliphatic rings. The van der Waals surface area contributed by atoms with Gasteiger partial charge < -0.3 is 4.74 Å². The Hall–Kier alpha value is -1.31. The highest BCUT2D eigenvalue weighted by Crippen LogP contribution is 2.50. The third-order valence-electron chi connectivity index (χ3n) is 5.17. The molecule has 22 heavy (non-hydrogen) atoms. The highest BCUT2D eigenvalue weighted by Gasteiger charge is 2.40. The Labute approximate surface area is 135 Å². The van der Waals surface area contributed by atoms with Crippen LogP contribution < -0.4 is 4.74 Å². The van der Waals surface area contributed by atoms with Crippen LogP contribution in [0.5, 0.6) is 5.75 Å². The van der Waals surface area contributed by atoms with Crippen molar-refractivity contribution in [1.29, 1.82) is 0 Å². The minimum Gasteiger partial charge on any atom is -0.493 e. The average molecular weight is 302 g/mol. The normalized spacial score (nSPS) is 18.6. The number of benzene rings is 1. The molecule has 0 aromatic heterocycles. The number of unbranched alkanes of at least 4 members (excludes halogenated alkanes) is 1. The maximum Gasteiger partial charge on any atom is 0.154 e. The minimum atomic E-state index is 0.0534. The van der Waals surface area contributed by atoms with E-state index in [1.165, 1.54) is 17.5 Å². The summed E-state index contributed by atoms with van der Waals surface area (Å²) in [4.78, 5) is 11.7. The van der Waals surface area contributed by atoms with Gasteiger partial charge in [0.25, 0.3) is 0 Å². The molecular weight excluding hydrogens is 272 g/mol. The summed E-state index contributed by atoms with van der Waals surface area (Å²) in [6, 6.07) is 2.21. The van der Waals surface area contributed by atoms with Gasteiger partial charge in [0.2, 0.25) is 0 Å². The van der Waals surface area contributed by atoms with Crippen LogP contribution in [-0.4, -0.2) is 12.9 Å². The molecule has 0 spiro atoms. The topological polar surface area (TPSA) is 26.3 Å². The number of fused-ring (bicyclic) bond motifs is 1. The molecule has 0 heterocycles. The number of aldehydes is 1. The van der Waals surface area contributed by atoms with Gasteiger partial charge in [-0.05, 0) is 48.1 Å². The lowest BCUT2D eigenvalue weighted by Gasteiger charge is -2.43. The van der Waals surface area contributed by atoms with E-state index in [1.807, 2.05) is 6.92 Å². The second kappa shape index (κ2) is 6.06. The van der Waals surface area contributed by atoms with Crippen molar-refractivity contribution in [3.05, 3.63) is 28.3 Å². The second-order valence-corrected chi connectivity index (χ2v) is 7.95. The van der Waals surface area contributed by atoms with Crippen LogP contribution in [0, 0.1) is 6.92 Å². The van der Waals surface area contributed by atoms with E-state index in [2.05, 4.69) is 40.7 Å². The third kappa shape index (κ3) is 2.93. The lowest BCUT2D eigenvalue weighted by atomic mass is 9.62. The van der Waals surface area contributed by atoms with Crippen LogP contribution in [0.25, 0.3) is 0 Å². The third-order valence-corrected chi connectivity index (χ3v) is 5.17. The van der Waals surface area contributed by atoms with Gasteiger partial charge in [-0.2, -0.15) is 0 Å². The Kier molecular flexibility index (Phi) is 4.70. The molecule has 2 heteroatoms. The largest absolute Gasteiger partial charge is 0.493 e. The summed E-state index contributed by atoms with van der Waals surface area (Å²) in [5.74, 6) is 0.844. The molecule has 1 aromatic carbocycles. The highest BCUT2D eigenvalue weighted by molar-refractivity contribution is 5.84. The van der Waals surface area contributed by atoms with Crippen molar-refractivity contribution in [2.45, 2.75) is 78.1 Å². The lowest BCUT2D eigenvalue weighted by Crippen LogP contribution is -2.35. The smallest absolute Gasteiger partial charge is 0.154 e. The predicted molar refractivity (Wildman–Crippen MR) is 92.3 cm³/mol. The zero-order valence-corrected chi connectivity index (χ0v) is 15.0. The van der Waals surface area contributed by atoms with Crippen LogP contribution in [0.3, 0.4) is 0 Å². The van der Waals surface area contributed by atoms with Crippen molar-refractivity contribution in [3.63, 3.8) is 0 Å². The summed E-state index contributed by atoms with van der Waals surface area (Å²) in [6.45, 7) is 14.0. The van der Waals surface area contributed by atoms with Crippen LogP contribution in [0.2, 0.25) is 0 Å². The molecular formula is C20H30O2. The highest BCUT2D eigenvalue weighted by atomic mass is 16.5. The molecule has 1 aromatic rings. The van der Waals surface area contributed by atoms with E-state index < -0.39 is 0 Å². The first-order valence-corrected chi connectivity index (χ1v) is 8.51. The van der Waals surface area contributed by atoms with Crippen molar-refractivity contribution in [1.82, 2.24) is 0 Å². The van der Waals surface area contributed by atoms with Gasteiger partial charge in [0.05, 0.1) is 12.2 Å². The molecule has 0 bridgehead atoms. The second-order valence-electron chi connectivity index (χ2n) is 7.95. The lowest BCUT2D eigenvalue weighted by molar-refractivity contribution is 0.111. The first-order chi connectivity index (χ1) is 10.2. The zero-order valence-electron chi connectivity index (χ0n) is 15.0. The van der Waals surface area contributed by atoms with Crippen molar-refractivity contribution in [2.75, 3.05) is 6.61 Å². The molecule has 0 N–H and O–H groups in total. The van der Waals surface area contributed by atoms with Gasteiger partial charge in [0.1, 0.15) is 5.75 Å². The molecule has 0 fully saturated rings. The fraction of sp³-hybridized carbons (Fsp3) is 0.650. The van der Waals surface area contributed by atoms with Gasteiger partial charge in [0, 0.05) is 5.56 Å². The van der Waals surface area contributed by atoms with Crippen molar-refractivity contribution in [2.24, 2.45) is 0 Å². The van der Waals surface area contributed by atoms with E-state index >= 15 is 0 Å². The molecule has 0 amide bonds. The van der Waals surface area contributed by atoms with Gasteiger partial charge in [-0.1, -0.05) is 47.1 Å². The summed E-state index contributed by atoms with van der Waals surface area (Å²) in [5, 5.41) is 0. The summed E-state index contributed by atoms with van der Waals surface area (Å²) < 4.78 is 6.15. The molecule has 0 radical (unpaired) electrons. The quantitative estimate of drug-likeness (QED) is 0.542. The van der Waals surface area contributed by atoms with Crippen LogP contribution in [0.1, 0.15) is 87.4 Å².